The average molecular weight is 418 g/mol. The van der Waals surface area contributed by atoms with Crippen LogP contribution in [0.1, 0.15) is 47.9 Å². The lowest BCUT2D eigenvalue weighted by Gasteiger charge is -2.38. The first-order valence-corrected chi connectivity index (χ1v) is 11.2. The lowest BCUT2D eigenvalue weighted by Crippen LogP contribution is -2.40. The van der Waals surface area contributed by atoms with Crippen LogP contribution in [0.3, 0.4) is 0 Å². The molecule has 1 aliphatic carbocycles. The predicted octanol–water partition coefficient (Wildman–Crippen LogP) is 4.14. The van der Waals surface area contributed by atoms with E-state index in [9.17, 15) is 4.79 Å². The fourth-order valence-corrected chi connectivity index (χ4v) is 4.32. The second-order valence-electron chi connectivity index (χ2n) is 8.37. The molecule has 0 radical (unpaired) electrons. The largest absolute Gasteiger partial charge is 0.309 e. The van der Waals surface area contributed by atoms with E-state index in [0.717, 1.165) is 38.2 Å². The van der Waals surface area contributed by atoms with Gasteiger partial charge in [-0.1, -0.05) is 61.0 Å². The second-order valence-corrected chi connectivity index (χ2v) is 8.37. The molecule has 0 aromatic heterocycles. The summed E-state index contributed by atoms with van der Waals surface area (Å²) >= 11 is 0. The molecule has 0 atom stereocenters. The van der Waals surface area contributed by atoms with E-state index in [4.69, 9.17) is 5.21 Å². The SMILES string of the molecule is O=C(C=Cc1ccc(CN(CCC2=CCNCc3ccccc32)C2CCC2)cc1)NO. The number of carbonyl (C=O) groups excluding carboxylic acids is 1. The summed E-state index contributed by atoms with van der Waals surface area (Å²) in [5.41, 5.74) is 8.07. The summed E-state index contributed by atoms with van der Waals surface area (Å²) in [5, 5.41) is 12.1. The van der Waals surface area contributed by atoms with E-state index in [2.05, 4.69) is 52.7 Å². The molecule has 3 N–H and O–H groups in total. The molecule has 0 unspecified atom stereocenters. The Morgan fingerprint density at radius 1 is 1.16 bits per heavy atom. The van der Waals surface area contributed by atoms with Gasteiger partial charge in [-0.05, 0) is 53.2 Å². The number of rotatable bonds is 8. The van der Waals surface area contributed by atoms with Crippen LogP contribution in [-0.2, 0) is 17.9 Å². The van der Waals surface area contributed by atoms with Crippen molar-refractivity contribution in [2.75, 3.05) is 13.1 Å². The number of amides is 1. The minimum atomic E-state index is -0.523. The molecule has 1 fully saturated rings. The second kappa shape index (κ2) is 10.5. The van der Waals surface area contributed by atoms with Crippen molar-refractivity contribution >= 4 is 17.6 Å². The van der Waals surface area contributed by atoms with E-state index in [0.29, 0.717) is 6.04 Å². The van der Waals surface area contributed by atoms with E-state index < -0.39 is 5.91 Å². The molecule has 5 heteroatoms. The quantitative estimate of drug-likeness (QED) is 0.343. The molecule has 0 saturated heterocycles. The lowest BCUT2D eigenvalue weighted by molar-refractivity contribution is -0.124. The molecule has 0 spiro atoms. The summed E-state index contributed by atoms with van der Waals surface area (Å²) in [5.74, 6) is -0.523. The van der Waals surface area contributed by atoms with Gasteiger partial charge in [-0.3, -0.25) is 14.9 Å². The highest BCUT2D eigenvalue weighted by atomic mass is 16.5. The van der Waals surface area contributed by atoms with Crippen molar-refractivity contribution in [2.24, 2.45) is 0 Å². The third-order valence-corrected chi connectivity index (χ3v) is 6.33. The molecule has 5 nitrogen and oxygen atoms in total. The van der Waals surface area contributed by atoms with Gasteiger partial charge >= 0.3 is 0 Å². The zero-order valence-electron chi connectivity index (χ0n) is 17.9. The Hall–Kier alpha value is -2.73. The minimum absolute atomic E-state index is 0.523. The molecule has 2 aliphatic rings. The highest BCUT2D eigenvalue weighted by molar-refractivity contribution is 5.90. The Morgan fingerprint density at radius 2 is 1.97 bits per heavy atom. The summed E-state index contributed by atoms with van der Waals surface area (Å²) in [4.78, 5) is 13.8. The van der Waals surface area contributed by atoms with Gasteiger partial charge in [0.1, 0.15) is 0 Å². The molecule has 1 saturated carbocycles. The monoisotopic (exact) mass is 417 g/mol. The van der Waals surface area contributed by atoms with Crippen molar-refractivity contribution < 1.29 is 10.0 Å². The maximum absolute atomic E-state index is 11.1. The van der Waals surface area contributed by atoms with Crippen molar-refractivity contribution in [3.8, 4) is 0 Å². The van der Waals surface area contributed by atoms with Crippen molar-refractivity contribution in [1.82, 2.24) is 15.7 Å². The summed E-state index contributed by atoms with van der Waals surface area (Å²) in [6.45, 7) is 3.86. The Morgan fingerprint density at radius 3 is 2.71 bits per heavy atom. The van der Waals surface area contributed by atoms with Crippen LogP contribution in [0.15, 0.2) is 60.7 Å². The van der Waals surface area contributed by atoms with E-state index >= 15 is 0 Å². The van der Waals surface area contributed by atoms with Gasteiger partial charge in [-0.15, -0.1) is 0 Å². The van der Waals surface area contributed by atoms with Gasteiger partial charge in [0, 0.05) is 38.3 Å². The summed E-state index contributed by atoms with van der Waals surface area (Å²) in [7, 11) is 0. The molecule has 1 amide bonds. The van der Waals surface area contributed by atoms with Crippen molar-refractivity contribution in [2.45, 2.75) is 44.8 Å². The fraction of sp³-hybridized carbons (Fsp3) is 0.346. The lowest BCUT2D eigenvalue weighted by atomic mass is 9.90. The first-order valence-electron chi connectivity index (χ1n) is 11.2. The molecule has 0 bridgehead atoms. The number of hydrogen-bond acceptors (Lipinski definition) is 4. The van der Waals surface area contributed by atoms with Gasteiger partial charge in [0.25, 0.3) is 5.91 Å². The van der Waals surface area contributed by atoms with Crippen molar-refractivity contribution in [1.29, 1.82) is 0 Å². The van der Waals surface area contributed by atoms with Gasteiger partial charge in [-0.2, -0.15) is 0 Å². The molecule has 2 aromatic carbocycles. The Balaban J connectivity index is 1.41. The maximum Gasteiger partial charge on any atom is 0.267 e. The summed E-state index contributed by atoms with van der Waals surface area (Å²) in [6, 6.07) is 17.7. The highest BCUT2D eigenvalue weighted by Gasteiger charge is 2.25. The van der Waals surface area contributed by atoms with E-state index in [-0.39, 0.29) is 0 Å². The van der Waals surface area contributed by atoms with Gasteiger partial charge in [-0.25, -0.2) is 5.48 Å². The van der Waals surface area contributed by atoms with Crippen molar-refractivity contribution in [3.63, 3.8) is 0 Å². The minimum Gasteiger partial charge on any atom is -0.309 e. The molecular formula is C26H31N3O2. The Bertz CT molecular complexity index is 945. The molecule has 1 aliphatic heterocycles. The Kier molecular flexibility index (Phi) is 7.30. The van der Waals surface area contributed by atoms with E-state index in [1.54, 1.807) is 11.6 Å². The first kappa shape index (κ1) is 21.5. The number of carbonyl (C=O) groups is 1. The Labute approximate surface area is 184 Å². The first-order chi connectivity index (χ1) is 15.2. The van der Waals surface area contributed by atoms with Crippen LogP contribution in [0.4, 0.5) is 0 Å². The van der Waals surface area contributed by atoms with Crippen LogP contribution in [0.5, 0.6) is 0 Å². The standard InChI is InChI=1S/C26H31N3O2/c30-26(28-31)13-12-20-8-10-21(11-9-20)19-29(24-5-3-6-24)17-15-22-14-16-27-18-23-4-1-2-7-25(22)23/h1-2,4,7-14,24,27,31H,3,5-6,15-19H2,(H,28,30). The highest BCUT2D eigenvalue weighted by Crippen LogP contribution is 2.29. The molecule has 4 rings (SSSR count). The van der Waals surface area contributed by atoms with Crippen molar-refractivity contribution in [3.05, 3.63) is 82.9 Å². The smallest absolute Gasteiger partial charge is 0.267 e. The number of fused-ring (bicyclic) bond motifs is 1. The van der Waals surface area contributed by atoms with E-state index in [1.807, 2.05) is 12.1 Å². The summed E-state index contributed by atoms with van der Waals surface area (Å²) < 4.78 is 0. The maximum atomic E-state index is 11.1. The zero-order chi connectivity index (χ0) is 21.5. The number of nitrogens with zero attached hydrogens (tertiary/aromatic N) is 1. The summed E-state index contributed by atoms with van der Waals surface area (Å²) in [6.07, 6.45) is 10.3. The van der Waals surface area contributed by atoms with Crippen LogP contribution < -0.4 is 10.8 Å². The topological polar surface area (TPSA) is 64.6 Å². The number of nitrogens with one attached hydrogen (secondary N) is 2. The van der Waals surface area contributed by atoms with Crippen LogP contribution in [-0.4, -0.2) is 35.1 Å². The molecule has 2 aromatic rings. The van der Waals surface area contributed by atoms with E-state index in [1.165, 1.54) is 47.6 Å². The van der Waals surface area contributed by atoms with Gasteiger partial charge in [0.2, 0.25) is 0 Å². The molecule has 1 heterocycles. The normalized spacial score (nSPS) is 16.5. The van der Waals surface area contributed by atoms with Gasteiger partial charge in [0.05, 0.1) is 0 Å². The molecule has 31 heavy (non-hydrogen) atoms. The third kappa shape index (κ3) is 5.70. The van der Waals surface area contributed by atoms with Crippen LogP contribution in [0.25, 0.3) is 11.6 Å². The average Bonchev–Trinajstić information content (AvgIpc) is 2.97. The third-order valence-electron chi connectivity index (χ3n) is 6.33. The van der Waals surface area contributed by atoms with Crippen LogP contribution >= 0.6 is 0 Å². The number of benzene rings is 2. The zero-order valence-corrected chi connectivity index (χ0v) is 17.9. The number of hydroxylamine groups is 1. The fourth-order valence-electron chi connectivity index (χ4n) is 4.32. The van der Waals surface area contributed by atoms with Gasteiger partial charge < -0.3 is 5.32 Å². The van der Waals surface area contributed by atoms with Gasteiger partial charge in [0.15, 0.2) is 0 Å². The van der Waals surface area contributed by atoms with Crippen LogP contribution in [0.2, 0.25) is 0 Å². The molecular weight excluding hydrogens is 386 g/mol. The molecule has 162 valence electrons. The number of hydrogen-bond donors (Lipinski definition) is 3. The predicted molar refractivity (Wildman–Crippen MR) is 124 cm³/mol. The van der Waals surface area contributed by atoms with Crippen LogP contribution in [0, 0.1) is 0 Å².